The monoisotopic (exact) mass is 482 g/mol. The molecule has 0 fully saturated rings. The van der Waals surface area contributed by atoms with Crippen LogP contribution in [-0.2, 0) is 0 Å². The van der Waals surface area contributed by atoms with E-state index in [-0.39, 0.29) is 45.8 Å². The minimum absolute atomic E-state index is 0.0829. The number of halogens is 4. The number of ether oxygens (including phenoxy) is 2. The van der Waals surface area contributed by atoms with Crippen LogP contribution in [0, 0.1) is 10.1 Å². The van der Waals surface area contributed by atoms with Crippen LogP contribution in [0.2, 0.25) is 10.0 Å². The van der Waals surface area contributed by atoms with Crippen molar-refractivity contribution in [3.05, 3.63) is 60.8 Å². The Morgan fingerprint density at radius 3 is 2.48 bits per heavy atom. The van der Waals surface area contributed by atoms with E-state index < -0.39 is 16.7 Å². The van der Waals surface area contributed by atoms with Crippen molar-refractivity contribution in [2.24, 2.45) is 0 Å². The average Bonchev–Trinajstić information content (AvgIpc) is 3.13. The van der Waals surface area contributed by atoms with E-state index in [2.05, 4.69) is 5.32 Å². The lowest BCUT2D eigenvalue weighted by atomic mass is 10.3. The lowest BCUT2D eigenvalue weighted by molar-refractivity contribution is -0.402. The van der Waals surface area contributed by atoms with Gasteiger partial charge in [-0.15, -0.1) is 0 Å². The van der Waals surface area contributed by atoms with Crippen molar-refractivity contribution in [2.45, 2.75) is 6.42 Å². The molecule has 0 bridgehead atoms. The van der Waals surface area contributed by atoms with Gasteiger partial charge in [-0.25, -0.2) is 0 Å². The summed E-state index contributed by atoms with van der Waals surface area (Å²) in [5, 5.41) is 13.6. The van der Waals surface area contributed by atoms with Crippen LogP contribution in [0.5, 0.6) is 11.5 Å². The third-order valence-corrected chi connectivity index (χ3v) is 4.18. The fourth-order valence-corrected chi connectivity index (χ4v) is 2.74. The zero-order valence-corrected chi connectivity index (χ0v) is 17.6. The number of furan rings is 1. The molecule has 1 N–H and O–H groups in total. The number of hydrogen-bond acceptors (Lipinski definition) is 6. The summed E-state index contributed by atoms with van der Waals surface area (Å²) in [6.07, 6.45) is 1.89. The third-order valence-electron chi connectivity index (χ3n) is 3.31. The van der Waals surface area contributed by atoms with Crippen molar-refractivity contribution in [3.63, 3.8) is 0 Å². The Kier molecular flexibility index (Phi) is 8.91. The Bertz CT molecular complexity index is 888. The smallest absolute Gasteiger partial charge is 0.433 e. The second-order valence-electron chi connectivity index (χ2n) is 5.37. The number of carbonyl (C=O) groups excluding carboxylic acids is 1. The highest BCUT2D eigenvalue weighted by atomic mass is 35.5. The van der Waals surface area contributed by atoms with Crippen molar-refractivity contribution in [1.82, 2.24) is 5.32 Å². The van der Waals surface area contributed by atoms with Gasteiger partial charge in [0.05, 0.1) is 22.7 Å². The number of amides is 1. The van der Waals surface area contributed by atoms with E-state index in [1.807, 2.05) is 0 Å². The molecular formula is C17H14Cl4N2O6. The maximum absolute atomic E-state index is 11.8. The van der Waals surface area contributed by atoms with Gasteiger partial charge in [0.25, 0.3) is 5.91 Å². The zero-order valence-electron chi connectivity index (χ0n) is 14.6. The molecule has 2 rings (SSSR count). The molecule has 1 amide bonds. The summed E-state index contributed by atoms with van der Waals surface area (Å²) in [7, 11) is 0. The van der Waals surface area contributed by atoms with Crippen molar-refractivity contribution < 1.29 is 23.6 Å². The molecule has 0 saturated heterocycles. The van der Waals surface area contributed by atoms with Gasteiger partial charge in [0.1, 0.15) is 21.8 Å². The Labute approximate surface area is 185 Å². The first-order valence-corrected chi connectivity index (χ1v) is 9.57. The predicted molar refractivity (Wildman–Crippen MR) is 110 cm³/mol. The molecule has 1 aromatic heterocycles. The summed E-state index contributed by atoms with van der Waals surface area (Å²) in [5.41, 5.74) is 0. The van der Waals surface area contributed by atoms with Crippen LogP contribution in [-0.4, -0.2) is 30.6 Å². The van der Waals surface area contributed by atoms with E-state index >= 15 is 0 Å². The summed E-state index contributed by atoms with van der Waals surface area (Å²) in [4.78, 5) is 21.7. The lowest BCUT2D eigenvalue weighted by Gasteiger charge is -2.12. The summed E-state index contributed by atoms with van der Waals surface area (Å²) in [6.45, 7) is 0.603. The second-order valence-corrected chi connectivity index (χ2v) is 7.20. The van der Waals surface area contributed by atoms with Gasteiger partial charge < -0.3 is 19.2 Å². The molecule has 0 aliphatic carbocycles. The lowest BCUT2D eigenvalue weighted by Crippen LogP contribution is -2.25. The van der Waals surface area contributed by atoms with Crippen LogP contribution in [0.4, 0.5) is 5.88 Å². The van der Waals surface area contributed by atoms with Crippen molar-refractivity contribution in [2.75, 3.05) is 19.8 Å². The van der Waals surface area contributed by atoms with Gasteiger partial charge in [-0.3, -0.25) is 14.9 Å². The van der Waals surface area contributed by atoms with Gasteiger partial charge in [0, 0.05) is 18.7 Å². The minimum Gasteiger partial charge on any atom is -0.490 e. The third kappa shape index (κ3) is 7.32. The highest BCUT2D eigenvalue weighted by Gasteiger charge is 2.17. The largest absolute Gasteiger partial charge is 0.490 e. The fraction of sp³-hybridized carbons (Fsp3) is 0.235. The average molecular weight is 484 g/mol. The van der Waals surface area contributed by atoms with Gasteiger partial charge in [-0.05, 0) is 18.6 Å². The molecule has 29 heavy (non-hydrogen) atoms. The number of rotatable bonds is 10. The molecule has 0 aliphatic heterocycles. The fourth-order valence-electron chi connectivity index (χ4n) is 2.04. The first-order chi connectivity index (χ1) is 13.8. The number of nitrogens with one attached hydrogen (secondary N) is 1. The first-order valence-electron chi connectivity index (χ1n) is 8.06. The Balaban J connectivity index is 1.78. The highest BCUT2D eigenvalue weighted by Crippen LogP contribution is 2.37. The summed E-state index contributed by atoms with van der Waals surface area (Å²) in [5.74, 6) is -0.527. The second kappa shape index (κ2) is 11.2. The number of nitro groups is 1. The Morgan fingerprint density at radius 1 is 1.21 bits per heavy atom. The molecule has 0 spiro atoms. The van der Waals surface area contributed by atoms with Gasteiger partial charge in [-0.1, -0.05) is 46.4 Å². The molecule has 0 atom stereocenters. The molecule has 0 aliphatic rings. The van der Waals surface area contributed by atoms with Crippen LogP contribution >= 0.6 is 46.4 Å². The van der Waals surface area contributed by atoms with E-state index in [9.17, 15) is 14.9 Å². The molecule has 12 heteroatoms. The van der Waals surface area contributed by atoms with E-state index in [1.165, 1.54) is 24.3 Å². The van der Waals surface area contributed by atoms with Crippen molar-refractivity contribution in [1.29, 1.82) is 0 Å². The molecule has 2 aromatic rings. The molecule has 8 nitrogen and oxygen atoms in total. The SMILES string of the molecule is O=C(NCCCOc1c(Cl)cc(OCC=C(Cl)Cl)cc1Cl)c1ccc([N+](=O)[O-])o1. The summed E-state index contributed by atoms with van der Waals surface area (Å²) < 4.78 is 15.8. The molecule has 156 valence electrons. The maximum atomic E-state index is 11.8. The number of nitrogens with zero attached hydrogens (tertiary/aromatic N) is 1. The predicted octanol–water partition coefficient (Wildman–Crippen LogP) is 5.39. The maximum Gasteiger partial charge on any atom is 0.433 e. The molecule has 1 heterocycles. The molecule has 1 aromatic carbocycles. The molecule has 0 unspecified atom stereocenters. The van der Waals surface area contributed by atoms with Gasteiger partial charge in [-0.2, -0.15) is 0 Å². The van der Waals surface area contributed by atoms with Gasteiger partial charge in [0.2, 0.25) is 0 Å². The van der Waals surface area contributed by atoms with Crippen LogP contribution in [0.3, 0.4) is 0 Å². The Morgan fingerprint density at radius 2 is 1.90 bits per heavy atom. The molecular weight excluding hydrogens is 470 g/mol. The van der Waals surface area contributed by atoms with Crippen LogP contribution in [0.15, 0.2) is 39.3 Å². The standard InChI is InChI=1S/C17H14Cl4N2O6/c18-11-8-10(27-7-4-14(20)21)9-12(19)16(11)28-6-1-5-22-17(24)13-2-3-15(29-13)23(25)26/h2-4,8-9H,1,5-7H2,(H,22,24). The normalized spacial score (nSPS) is 10.3. The number of hydrogen-bond donors (Lipinski definition) is 1. The van der Waals surface area contributed by atoms with Crippen LogP contribution < -0.4 is 14.8 Å². The van der Waals surface area contributed by atoms with E-state index in [1.54, 1.807) is 0 Å². The number of carbonyl (C=O) groups is 1. The summed E-state index contributed by atoms with van der Waals surface area (Å²) in [6, 6.07) is 5.40. The number of benzene rings is 1. The quantitative estimate of drug-likeness (QED) is 0.276. The molecule has 0 radical (unpaired) electrons. The van der Waals surface area contributed by atoms with E-state index in [0.717, 1.165) is 6.07 Å². The topological polar surface area (TPSA) is 104 Å². The van der Waals surface area contributed by atoms with E-state index in [0.29, 0.717) is 12.2 Å². The van der Waals surface area contributed by atoms with Crippen LogP contribution in [0.25, 0.3) is 0 Å². The van der Waals surface area contributed by atoms with Crippen LogP contribution in [0.1, 0.15) is 17.0 Å². The van der Waals surface area contributed by atoms with E-state index in [4.69, 9.17) is 60.3 Å². The van der Waals surface area contributed by atoms with Crippen molar-refractivity contribution >= 4 is 58.2 Å². The highest BCUT2D eigenvalue weighted by molar-refractivity contribution is 6.55. The first kappa shape index (κ1) is 23.2. The minimum atomic E-state index is -0.724. The van der Waals surface area contributed by atoms with Gasteiger partial charge in [0.15, 0.2) is 11.5 Å². The summed E-state index contributed by atoms with van der Waals surface area (Å²) >= 11 is 23.3. The van der Waals surface area contributed by atoms with Crippen molar-refractivity contribution in [3.8, 4) is 11.5 Å². The zero-order chi connectivity index (χ0) is 21.4. The van der Waals surface area contributed by atoms with Gasteiger partial charge >= 0.3 is 5.88 Å². The molecule has 0 saturated carbocycles. The Hall–Kier alpha value is -2.13.